The van der Waals surface area contributed by atoms with E-state index in [1.54, 1.807) is 24.3 Å². The average molecular weight is 552 g/mol. The van der Waals surface area contributed by atoms with Gasteiger partial charge < -0.3 is 19.5 Å². The van der Waals surface area contributed by atoms with Gasteiger partial charge in [0.1, 0.15) is 17.7 Å². The number of esters is 3. The van der Waals surface area contributed by atoms with Crippen molar-refractivity contribution in [2.24, 2.45) is 4.99 Å². The number of aliphatic imine (C=N–C) groups is 1. The second-order valence-corrected chi connectivity index (χ2v) is 9.64. The zero-order chi connectivity index (χ0) is 28.9. The highest BCUT2D eigenvalue weighted by Crippen LogP contribution is 2.33. The van der Waals surface area contributed by atoms with Crippen LogP contribution in [0.4, 0.5) is 0 Å². The highest BCUT2D eigenvalue weighted by atomic mass is 16.6. The van der Waals surface area contributed by atoms with Gasteiger partial charge in [0.25, 0.3) is 0 Å². The van der Waals surface area contributed by atoms with Crippen molar-refractivity contribution < 1.29 is 28.6 Å². The summed E-state index contributed by atoms with van der Waals surface area (Å²) in [5, 5.41) is 3.53. The molecule has 0 fully saturated rings. The Bertz CT molecular complexity index is 1560. The van der Waals surface area contributed by atoms with Gasteiger partial charge in [-0.15, -0.1) is 0 Å². The van der Waals surface area contributed by atoms with E-state index in [-0.39, 0.29) is 12.1 Å². The summed E-state index contributed by atoms with van der Waals surface area (Å²) < 4.78 is 16.1. The van der Waals surface area contributed by atoms with Crippen molar-refractivity contribution in [3.63, 3.8) is 0 Å². The first-order chi connectivity index (χ1) is 19.7. The molecule has 0 aliphatic carbocycles. The number of nitrogens with one attached hydrogen (secondary N) is 1. The number of hydrogen-bond donors (Lipinski definition) is 1. The largest absolute Gasteiger partial charge is 0.427 e. The smallest absolute Gasteiger partial charge is 0.309 e. The van der Waals surface area contributed by atoms with Crippen LogP contribution < -0.4 is 14.8 Å². The summed E-state index contributed by atoms with van der Waals surface area (Å²) in [5.74, 6) is 0.0551. The zero-order valence-corrected chi connectivity index (χ0v) is 22.9. The molecule has 2 aliphatic rings. The number of allylic oxidation sites excluding steroid dienone is 1. The number of hydrogen-bond acceptors (Lipinski definition) is 9. The molecule has 0 saturated carbocycles. The Morgan fingerprint density at radius 3 is 1.88 bits per heavy atom. The maximum atomic E-state index is 12.2. The maximum absolute atomic E-state index is 12.2. The third-order valence-electron chi connectivity index (χ3n) is 6.37. The van der Waals surface area contributed by atoms with Crippen molar-refractivity contribution in [3.8, 4) is 11.5 Å². The van der Waals surface area contributed by atoms with Crippen molar-refractivity contribution in [2.45, 2.75) is 39.8 Å². The van der Waals surface area contributed by atoms with Crippen LogP contribution in [-0.4, -0.2) is 34.7 Å². The minimum absolute atomic E-state index is 0.371. The number of carbonyl (C=O) groups is 3. The van der Waals surface area contributed by atoms with Crippen molar-refractivity contribution in [3.05, 3.63) is 113 Å². The third kappa shape index (κ3) is 6.70. The Hall–Kier alpha value is -5.18. The predicted molar refractivity (Wildman–Crippen MR) is 152 cm³/mol. The molecule has 1 atom stereocenters. The molecule has 0 bridgehead atoms. The number of benzene rings is 3. The van der Waals surface area contributed by atoms with Gasteiger partial charge in [-0.05, 0) is 47.5 Å². The molecule has 0 amide bonds. The van der Waals surface area contributed by atoms with Crippen molar-refractivity contribution >= 4 is 29.3 Å². The number of ether oxygens (including phenoxy) is 3. The second kappa shape index (κ2) is 11.9. The molecule has 1 unspecified atom stereocenters. The van der Waals surface area contributed by atoms with E-state index < -0.39 is 11.9 Å². The molecule has 2 heterocycles. The fraction of sp³-hybridized carbons (Fsp3) is 0.188. The van der Waals surface area contributed by atoms with Gasteiger partial charge in [-0.2, -0.15) is 0 Å². The summed E-state index contributed by atoms with van der Waals surface area (Å²) >= 11 is 0. The van der Waals surface area contributed by atoms with Crippen LogP contribution in [0.3, 0.4) is 0 Å². The molecule has 9 nitrogen and oxygen atoms in total. The zero-order valence-electron chi connectivity index (χ0n) is 22.9. The minimum Gasteiger partial charge on any atom is -0.427 e. The average Bonchev–Trinajstić information content (AvgIpc) is 3.26. The van der Waals surface area contributed by atoms with Gasteiger partial charge in [-0.3, -0.25) is 24.3 Å². The molecule has 9 heteroatoms. The Labute approximate surface area is 237 Å². The van der Waals surface area contributed by atoms with Crippen molar-refractivity contribution in [2.75, 3.05) is 0 Å². The Morgan fingerprint density at radius 2 is 1.29 bits per heavy atom. The third-order valence-corrected chi connectivity index (χ3v) is 6.37. The standard InChI is InChI=1S/C32H29N3O6/c1-20(36)39-26-13-9-24(10-14-26)18-29-32(41-22(3)38)35-19-30(25-11-15-27(16-12-25)40-21(2)37)33-28(31(35)34-29)17-23-7-5-4-6-8-23/h4-16,19,31,34H,17-18H2,1-3H3. The molecule has 41 heavy (non-hydrogen) atoms. The number of fused-ring (bicyclic) bond motifs is 1. The first kappa shape index (κ1) is 27.4. The molecule has 208 valence electrons. The first-order valence-electron chi connectivity index (χ1n) is 13.1. The fourth-order valence-corrected chi connectivity index (χ4v) is 4.69. The SMILES string of the molecule is CC(=O)OC1=C(Cc2ccc(OC(C)=O)cc2)NC2C(Cc3ccccc3)=NC(c3ccc(OC(C)=O)cc3)=CN12. The van der Waals surface area contributed by atoms with Gasteiger partial charge in [0, 0.05) is 45.4 Å². The summed E-state index contributed by atoms with van der Waals surface area (Å²) in [7, 11) is 0. The van der Waals surface area contributed by atoms with Crippen molar-refractivity contribution in [1.29, 1.82) is 0 Å². The fourth-order valence-electron chi connectivity index (χ4n) is 4.69. The summed E-state index contributed by atoms with van der Waals surface area (Å²) in [6.45, 7) is 4.08. The van der Waals surface area contributed by atoms with E-state index >= 15 is 0 Å². The Morgan fingerprint density at radius 1 is 0.732 bits per heavy atom. The van der Waals surface area contributed by atoms with Crippen LogP contribution in [0.5, 0.6) is 11.5 Å². The molecule has 2 aliphatic heterocycles. The van der Waals surface area contributed by atoms with E-state index in [2.05, 4.69) is 5.32 Å². The molecule has 0 spiro atoms. The van der Waals surface area contributed by atoms with Gasteiger partial charge in [-0.25, -0.2) is 0 Å². The molecular formula is C32H29N3O6. The van der Waals surface area contributed by atoms with Crippen LogP contribution in [0.15, 0.2) is 102 Å². The molecule has 5 rings (SSSR count). The van der Waals surface area contributed by atoms with E-state index in [0.29, 0.717) is 41.6 Å². The van der Waals surface area contributed by atoms with Gasteiger partial charge in [0.15, 0.2) is 0 Å². The van der Waals surface area contributed by atoms with Gasteiger partial charge in [0.05, 0.1) is 17.1 Å². The highest BCUT2D eigenvalue weighted by molar-refractivity contribution is 5.97. The lowest BCUT2D eigenvalue weighted by molar-refractivity contribution is -0.139. The van der Waals surface area contributed by atoms with Crippen LogP contribution >= 0.6 is 0 Å². The van der Waals surface area contributed by atoms with E-state index in [1.807, 2.05) is 65.7 Å². The summed E-state index contributed by atoms with van der Waals surface area (Å²) in [5.41, 5.74) is 5.04. The van der Waals surface area contributed by atoms with Crippen molar-refractivity contribution in [1.82, 2.24) is 10.2 Å². The Balaban J connectivity index is 1.51. The first-order valence-corrected chi connectivity index (χ1v) is 13.1. The highest BCUT2D eigenvalue weighted by Gasteiger charge is 2.38. The lowest BCUT2D eigenvalue weighted by atomic mass is 10.0. The monoisotopic (exact) mass is 551 g/mol. The molecule has 0 saturated heterocycles. The second-order valence-electron chi connectivity index (χ2n) is 9.64. The van der Waals surface area contributed by atoms with Crippen LogP contribution in [-0.2, 0) is 32.0 Å². The van der Waals surface area contributed by atoms with Crippen LogP contribution in [0.25, 0.3) is 5.70 Å². The summed E-state index contributed by atoms with van der Waals surface area (Å²) in [4.78, 5) is 41.8. The molecule has 1 N–H and O–H groups in total. The molecule has 3 aromatic rings. The van der Waals surface area contributed by atoms with E-state index in [9.17, 15) is 14.4 Å². The number of carbonyl (C=O) groups excluding carboxylic acids is 3. The molecule has 0 aromatic heterocycles. The van der Waals surface area contributed by atoms with Crippen LogP contribution in [0.2, 0.25) is 0 Å². The summed E-state index contributed by atoms with van der Waals surface area (Å²) in [6.07, 6.45) is 2.48. The van der Waals surface area contributed by atoms with E-state index in [0.717, 1.165) is 22.4 Å². The van der Waals surface area contributed by atoms with Gasteiger partial charge in [-0.1, -0.05) is 42.5 Å². The quantitative estimate of drug-likeness (QED) is 0.316. The number of rotatable bonds is 8. The van der Waals surface area contributed by atoms with Crippen LogP contribution in [0, 0.1) is 0 Å². The maximum Gasteiger partial charge on any atom is 0.309 e. The molecule has 0 radical (unpaired) electrons. The minimum atomic E-state index is -0.446. The van der Waals surface area contributed by atoms with Gasteiger partial charge >= 0.3 is 17.9 Å². The lowest BCUT2D eigenvalue weighted by Gasteiger charge is -2.30. The number of nitrogens with zero attached hydrogens (tertiary/aromatic N) is 2. The van der Waals surface area contributed by atoms with Crippen LogP contribution in [0.1, 0.15) is 37.5 Å². The predicted octanol–water partition coefficient (Wildman–Crippen LogP) is 4.74. The van der Waals surface area contributed by atoms with E-state index in [4.69, 9.17) is 19.2 Å². The molecule has 3 aromatic carbocycles. The van der Waals surface area contributed by atoms with E-state index in [1.165, 1.54) is 20.8 Å². The lowest BCUT2D eigenvalue weighted by Crippen LogP contribution is -2.44. The molecular weight excluding hydrogens is 522 g/mol. The van der Waals surface area contributed by atoms with Gasteiger partial charge in [0.2, 0.25) is 5.88 Å². The summed E-state index contributed by atoms with van der Waals surface area (Å²) in [6, 6.07) is 24.3. The normalized spacial score (nSPS) is 15.8. The topological polar surface area (TPSA) is 107 Å². The Kier molecular flexibility index (Phi) is 7.96.